The summed E-state index contributed by atoms with van der Waals surface area (Å²) in [5.74, 6) is 1.71. The van der Waals surface area contributed by atoms with Crippen LogP contribution in [-0.4, -0.2) is 66.7 Å². The summed E-state index contributed by atoms with van der Waals surface area (Å²) in [6.07, 6.45) is 1.25. The Morgan fingerprint density at radius 2 is 0.533 bits per heavy atom. The van der Waals surface area contributed by atoms with Gasteiger partial charge in [0.1, 0.15) is 80.0 Å². The number of benzene rings is 12. The number of nitrogens with zero attached hydrogens (tertiary/aromatic N) is 6. The molecule has 12 aromatic rings. The summed E-state index contributed by atoms with van der Waals surface area (Å²) < 4.78 is 50.9. The highest BCUT2D eigenvalue weighted by atomic mass is 127. The Kier molecular flexibility index (Phi) is 44.7. The lowest BCUT2D eigenvalue weighted by molar-refractivity contribution is -0.124. The van der Waals surface area contributed by atoms with Crippen LogP contribution in [0.1, 0.15) is 186 Å². The molecule has 0 saturated carbocycles. The summed E-state index contributed by atoms with van der Waals surface area (Å²) in [5, 5.41) is 64.6. The fraction of sp³-hybridized carbons (Fsp3) is 0.284. The van der Waals surface area contributed by atoms with Crippen LogP contribution in [0.4, 0.5) is 38.5 Å². The molecule has 137 heavy (non-hydrogen) atoms. The van der Waals surface area contributed by atoms with E-state index in [4.69, 9.17) is 40.0 Å². The molecule has 28 heteroatoms. The van der Waals surface area contributed by atoms with E-state index < -0.39 is 17.6 Å². The van der Waals surface area contributed by atoms with Crippen molar-refractivity contribution in [2.45, 2.75) is 210 Å². The Morgan fingerprint density at radius 3 is 0.883 bits per heavy atom. The highest BCUT2D eigenvalue weighted by Gasteiger charge is 2.25. The predicted octanol–water partition coefficient (Wildman–Crippen LogP) is 26.6. The standard InChI is InChI=1S/C19H23NO3.C18H20BrNO3.C18H20ClNO3.C18H20FNO3.C18H20INO3.C18H21NO3/c1-5-19(21)20(22)17-8-6-7-14(3)16(17)12-23-18-10-9-13(2)11-15(18)4;4*1-4-18(21)20(22)16-7-5-6-15(19)14(16)11-23-17-9-8-12(2)10-13(17)3;1-4-18(20)19(21)16-8-6-5-7-15(16)12-22-17-10-9-13(2)11-14(17)3/h6-11,22H,5,12H2,1-4H3;4*5-10,22H,4,11H2,1-3H3;5-11,21H,4,12H2,1-3H3. The second-order valence-electron chi connectivity index (χ2n) is 32.4. The van der Waals surface area contributed by atoms with Crippen LogP contribution >= 0.6 is 50.1 Å². The molecule has 0 spiro atoms. The van der Waals surface area contributed by atoms with Crippen LogP contribution in [0.2, 0.25) is 5.02 Å². The molecule has 0 bridgehead atoms. The molecule has 726 valence electrons. The van der Waals surface area contributed by atoms with Crippen LogP contribution in [0, 0.1) is 99.4 Å². The SMILES string of the molecule is CCC(=O)N(O)c1cccc(Br)c1COc1ccc(C)cc1C.CCC(=O)N(O)c1cccc(C)c1COc1ccc(C)cc1C.CCC(=O)N(O)c1cccc(Cl)c1COc1ccc(C)cc1C.CCC(=O)N(O)c1cccc(F)c1COc1ccc(C)cc1C.CCC(=O)N(O)c1cccc(I)c1COc1ccc(C)cc1C.CCC(=O)N(O)c1ccccc1COc1ccc(C)cc1C. The fourth-order valence-corrected chi connectivity index (χ4v) is 15.2. The van der Waals surface area contributed by atoms with Gasteiger partial charge in [-0.05, 0) is 249 Å². The maximum Gasteiger partial charge on any atom is 0.250 e. The summed E-state index contributed by atoms with van der Waals surface area (Å²) in [6.45, 7) is 37.3. The number of ether oxygens (including phenoxy) is 6. The Hall–Kier alpha value is -12.6. The topological polar surface area (TPSA) is 299 Å². The van der Waals surface area contributed by atoms with Gasteiger partial charge in [-0.2, -0.15) is 30.4 Å². The van der Waals surface area contributed by atoms with Crippen molar-refractivity contribution in [3.8, 4) is 34.5 Å². The molecule has 0 atom stereocenters. The quantitative estimate of drug-likeness (QED) is 0.0138. The molecule has 0 fully saturated rings. The molecule has 0 aliphatic carbocycles. The largest absolute Gasteiger partial charge is 0.489 e. The zero-order chi connectivity index (χ0) is 101. The number of halogens is 4. The Labute approximate surface area is 830 Å². The third-order valence-corrected chi connectivity index (χ3v) is 23.7. The van der Waals surface area contributed by atoms with E-state index in [0.29, 0.717) is 81.8 Å². The Morgan fingerprint density at radius 1 is 0.285 bits per heavy atom. The smallest absolute Gasteiger partial charge is 0.250 e. The van der Waals surface area contributed by atoms with Gasteiger partial charge < -0.3 is 28.4 Å². The normalized spacial score (nSPS) is 10.5. The zero-order valence-electron chi connectivity index (χ0n) is 81.1. The lowest BCUT2D eigenvalue weighted by atomic mass is 10.1. The van der Waals surface area contributed by atoms with Gasteiger partial charge in [0.25, 0.3) is 0 Å². The number of hydroxylamine groups is 6. The van der Waals surface area contributed by atoms with Crippen LogP contribution in [0.15, 0.2) is 229 Å². The zero-order valence-corrected chi connectivity index (χ0v) is 85.6. The van der Waals surface area contributed by atoms with Crippen molar-refractivity contribution in [3.63, 3.8) is 0 Å². The van der Waals surface area contributed by atoms with Crippen molar-refractivity contribution >= 4 is 120 Å². The lowest BCUT2D eigenvalue weighted by Gasteiger charge is -2.20. The van der Waals surface area contributed by atoms with Crippen LogP contribution in [0.25, 0.3) is 0 Å². The van der Waals surface area contributed by atoms with Crippen LogP contribution in [0.3, 0.4) is 0 Å². The number of aryl methyl sites for hydroxylation is 13. The van der Waals surface area contributed by atoms with Gasteiger partial charge >= 0.3 is 0 Å². The van der Waals surface area contributed by atoms with E-state index in [1.165, 1.54) is 40.5 Å². The maximum absolute atomic E-state index is 14.1. The first-order chi connectivity index (χ1) is 65.2. The monoisotopic (exact) mass is 2060 g/mol. The molecule has 0 aliphatic rings. The van der Waals surface area contributed by atoms with E-state index in [9.17, 15) is 64.4 Å². The first-order valence-corrected chi connectivity index (χ1v) is 47.0. The van der Waals surface area contributed by atoms with Gasteiger partial charge in [-0.15, -0.1) is 0 Å². The van der Waals surface area contributed by atoms with Crippen LogP contribution in [-0.2, 0) is 68.4 Å². The second kappa shape index (κ2) is 55.0. The number of carbonyl (C=O) groups excluding carboxylic acids is 6. The molecule has 0 aliphatic heterocycles. The van der Waals surface area contributed by atoms with Crippen LogP contribution in [0.5, 0.6) is 34.5 Å². The van der Waals surface area contributed by atoms with Crippen molar-refractivity contribution in [3.05, 3.63) is 349 Å². The fourth-order valence-electron chi connectivity index (χ4n) is 13.8. The van der Waals surface area contributed by atoms with Gasteiger partial charge in [0, 0.05) is 79.4 Å². The van der Waals surface area contributed by atoms with Gasteiger partial charge in [-0.25, -0.2) is 4.39 Å². The van der Waals surface area contributed by atoms with E-state index in [0.717, 1.165) is 109 Å². The molecule has 0 radical (unpaired) electrons. The summed E-state index contributed by atoms with van der Waals surface area (Å²) in [6, 6.07) is 68.2. The average Bonchev–Trinajstić information content (AvgIpc) is 0.802. The highest BCUT2D eigenvalue weighted by molar-refractivity contribution is 14.1. The average molecular weight is 2070 g/mol. The second-order valence-corrected chi connectivity index (χ2v) is 34.8. The van der Waals surface area contributed by atoms with Crippen molar-refractivity contribution < 1.29 is 92.8 Å². The first kappa shape index (κ1) is 111. The number of carbonyl (C=O) groups is 6. The van der Waals surface area contributed by atoms with E-state index in [1.807, 2.05) is 217 Å². The van der Waals surface area contributed by atoms with Crippen molar-refractivity contribution in [1.29, 1.82) is 0 Å². The summed E-state index contributed by atoms with van der Waals surface area (Å²) >= 11 is 11.9. The van der Waals surface area contributed by atoms with Crippen molar-refractivity contribution in [2.24, 2.45) is 0 Å². The van der Waals surface area contributed by atoms with E-state index in [2.05, 4.69) is 62.8 Å². The summed E-state index contributed by atoms with van der Waals surface area (Å²) in [5.41, 5.74) is 20.2. The number of para-hydroxylation sites is 1. The van der Waals surface area contributed by atoms with E-state index in [1.54, 1.807) is 96.1 Å². The molecule has 0 aromatic heterocycles. The van der Waals surface area contributed by atoms with E-state index in [-0.39, 0.29) is 106 Å². The van der Waals surface area contributed by atoms with Crippen LogP contribution < -0.4 is 58.8 Å². The molecule has 12 rings (SSSR count). The predicted molar refractivity (Wildman–Crippen MR) is 548 cm³/mol. The number of hydrogen-bond donors (Lipinski definition) is 6. The van der Waals surface area contributed by atoms with Gasteiger partial charge in [0.2, 0.25) is 35.4 Å². The minimum atomic E-state index is -0.532. The van der Waals surface area contributed by atoms with Gasteiger partial charge in [-0.3, -0.25) is 60.0 Å². The lowest BCUT2D eigenvalue weighted by Crippen LogP contribution is -2.27. The first-order valence-electron chi connectivity index (χ1n) is 44.8. The molecule has 6 amide bonds. The van der Waals surface area contributed by atoms with Crippen molar-refractivity contribution in [2.75, 3.05) is 30.4 Å². The molecule has 24 nitrogen and oxygen atoms in total. The van der Waals surface area contributed by atoms with Crippen molar-refractivity contribution in [1.82, 2.24) is 0 Å². The number of anilines is 6. The minimum Gasteiger partial charge on any atom is -0.489 e. The number of amides is 6. The highest BCUT2D eigenvalue weighted by Crippen LogP contribution is 2.36. The molecular weight excluding hydrogens is 1940 g/mol. The maximum atomic E-state index is 14.1. The van der Waals surface area contributed by atoms with Gasteiger partial charge in [-0.1, -0.05) is 230 Å². The minimum absolute atomic E-state index is 0.0834. The Bertz CT molecular complexity index is 5430. The molecule has 0 saturated heterocycles. The number of rotatable bonds is 30. The third-order valence-electron chi connectivity index (χ3n) is 21.6. The third kappa shape index (κ3) is 32.6. The number of hydrogen-bond acceptors (Lipinski definition) is 18. The molecular formula is C109H124BrClFIN6O18. The molecule has 0 heterocycles. The molecule has 0 unspecified atom stereocenters. The van der Waals surface area contributed by atoms with Gasteiger partial charge in [0.15, 0.2) is 0 Å². The Balaban J connectivity index is 0.000000224. The summed E-state index contributed by atoms with van der Waals surface area (Å²) in [7, 11) is 0. The van der Waals surface area contributed by atoms with E-state index >= 15 is 0 Å². The summed E-state index contributed by atoms with van der Waals surface area (Å²) in [4.78, 5) is 70.4. The van der Waals surface area contributed by atoms with Gasteiger partial charge in [0.05, 0.1) is 39.7 Å². The molecule has 12 aromatic carbocycles. The molecule has 6 N–H and O–H groups in total.